The first-order valence-corrected chi connectivity index (χ1v) is 8.12. The molecule has 2 rings (SSSR count). The number of rotatable bonds is 6. The standard InChI is InChI=1S/C17H23ClN4O.ClH/c1-11(2)8-13(9-19)21-17(23)14-10-20-22(12(14)3)16-7-5-4-6-15(16)18;/h4-7,10-11,13H,8-9,19H2,1-3H3,(H,21,23);1H. The minimum Gasteiger partial charge on any atom is -0.348 e. The maximum atomic E-state index is 12.5. The molecule has 0 bridgehead atoms. The van der Waals surface area contributed by atoms with Gasteiger partial charge < -0.3 is 11.1 Å². The Morgan fingerprint density at radius 2 is 2.04 bits per heavy atom. The number of nitrogens with two attached hydrogens (primary N) is 1. The fourth-order valence-corrected chi connectivity index (χ4v) is 2.76. The van der Waals surface area contributed by atoms with Crippen molar-refractivity contribution in [3.05, 3.63) is 46.7 Å². The van der Waals surface area contributed by atoms with E-state index in [0.29, 0.717) is 23.0 Å². The smallest absolute Gasteiger partial charge is 0.255 e. The van der Waals surface area contributed by atoms with Gasteiger partial charge >= 0.3 is 0 Å². The topological polar surface area (TPSA) is 72.9 Å². The summed E-state index contributed by atoms with van der Waals surface area (Å²) >= 11 is 6.21. The van der Waals surface area contributed by atoms with E-state index < -0.39 is 0 Å². The molecule has 0 saturated heterocycles. The largest absolute Gasteiger partial charge is 0.348 e. The fraction of sp³-hybridized carbons (Fsp3) is 0.412. The summed E-state index contributed by atoms with van der Waals surface area (Å²) in [5, 5.41) is 7.87. The first-order valence-electron chi connectivity index (χ1n) is 7.74. The van der Waals surface area contributed by atoms with Crippen molar-refractivity contribution in [3.63, 3.8) is 0 Å². The zero-order valence-electron chi connectivity index (χ0n) is 14.1. The van der Waals surface area contributed by atoms with E-state index in [0.717, 1.165) is 17.8 Å². The number of aromatic nitrogens is 2. The number of benzene rings is 1. The molecule has 0 radical (unpaired) electrons. The second-order valence-electron chi connectivity index (χ2n) is 6.04. The summed E-state index contributed by atoms with van der Waals surface area (Å²) in [5.41, 5.74) is 7.78. The Labute approximate surface area is 154 Å². The summed E-state index contributed by atoms with van der Waals surface area (Å²) in [7, 11) is 0. The van der Waals surface area contributed by atoms with Crippen molar-refractivity contribution in [2.75, 3.05) is 6.54 Å². The Hall–Kier alpha value is -1.56. The van der Waals surface area contributed by atoms with Crippen LogP contribution in [-0.2, 0) is 0 Å². The van der Waals surface area contributed by atoms with E-state index in [4.69, 9.17) is 17.3 Å². The summed E-state index contributed by atoms with van der Waals surface area (Å²) in [6, 6.07) is 7.37. The van der Waals surface area contributed by atoms with Crippen LogP contribution in [0.15, 0.2) is 30.5 Å². The second-order valence-corrected chi connectivity index (χ2v) is 6.45. The van der Waals surface area contributed by atoms with Gasteiger partial charge in [-0.1, -0.05) is 37.6 Å². The molecule has 2 aromatic rings. The molecule has 0 fully saturated rings. The van der Waals surface area contributed by atoms with Gasteiger partial charge in [-0.2, -0.15) is 5.10 Å². The molecule has 1 atom stereocenters. The van der Waals surface area contributed by atoms with Crippen molar-refractivity contribution >= 4 is 29.9 Å². The van der Waals surface area contributed by atoms with Crippen molar-refractivity contribution in [2.24, 2.45) is 11.7 Å². The number of nitrogens with one attached hydrogen (secondary N) is 1. The Kier molecular flexibility index (Phi) is 7.73. The van der Waals surface area contributed by atoms with Gasteiger partial charge in [0.05, 0.1) is 28.2 Å². The van der Waals surface area contributed by atoms with Crippen LogP contribution in [0.25, 0.3) is 5.69 Å². The fourth-order valence-electron chi connectivity index (χ4n) is 2.55. The number of nitrogens with zero attached hydrogens (tertiary/aromatic N) is 2. The molecule has 0 saturated carbocycles. The van der Waals surface area contributed by atoms with Gasteiger partial charge in [0.2, 0.25) is 0 Å². The maximum absolute atomic E-state index is 12.5. The molecular formula is C17H24Cl2N4O. The van der Waals surface area contributed by atoms with Crippen molar-refractivity contribution in [1.82, 2.24) is 15.1 Å². The zero-order chi connectivity index (χ0) is 17.0. The Morgan fingerprint density at radius 3 is 2.62 bits per heavy atom. The number of carbonyl (C=O) groups is 1. The molecule has 1 aromatic heterocycles. The molecule has 132 valence electrons. The van der Waals surface area contributed by atoms with E-state index in [2.05, 4.69) is 24.3 Å². The third kappa shape index (κ3) is 4.72. The lowest BCUT2D eigenvalue weighted by atomic mass is 10.0. The van der Waals surface area contributed by atoms with Gasteiger partial charge in [0, 0.05) is 12.6 Å². The van der Waals surface area contributed by atoms with Crippen LogP contribution in [0.4, 0.5) is 0 Å². The maximum Gasteiger partial charge on any atom is 0.255 e. The number of para-hydroxylation sites is 1. The lowest BCUT2D eigenvalue weighted by Crippen LogP contribution is -2.41. The first kappa shape index (κ1) is 20.5. The molecule has 24 heavy (non-hydrogen) atoms. The molecule has 1 amide bonds. The molecule has 3 N–H and O–H groups in total. The lowest BCUT2D eigenvalue weighted by molar-refractivity contribution is 0.0933. The Balaban J connectivity index is 0.00000288. The molecule has 1 aromatic carbocycles. The molecule has 0 aliphatic rings. The molecule has 0 aliphatic heterocycles. The highest BCUT2D eigenvalue weighted by Crippen LogP contribution is 2.22. The van der Waals surface area contributed by atoms with E-state index in [1.54, 1.807) is 16.9 Å². The summed E-state index contributed by atoms with van der Waals surface area (Å²) < 4.78 is 1.68. The molecule has 1 heterocycles. The summed E-state index contributed by atoms with van der Waals surface area (Å²) in [6.07, 6.45) is 2.41. The Bertz CT molecular complexity index is 685. The SMILES string of the molecule is Cc1c(C(=O)NC(CN)CC(C)C)cnn1-c1ccccc1Cl.Cl. The van der Waals surface area contributed by atoms with Crippen LogP contribution in [0.1, 0.15) is 36.3 Å². The van der Waals surface area contributed by atoms with Crippen molar-refractivity contribution in [2.45, 2.75) is 33.2 Å². The van der Waals surface area contributed by atoms with Gasteiger partial charge in [0.1, 0.15) is 0 Å². The molecular weight excluding hydrogens is 347 g/mol. The number of carbonyl (C=O) groups excluding carboxylic acids is 1. The summed E-state index contributed by atoms with van der Waals surface area (Å²) in [5.74, 6) is 0.313. The number of hydrogen-bond donors (Lipinski definition) is 2. The minimum atomic E-state index is -0.156. The highest BCUT2D eigenvalue weighted by Gasteiger charge is 2.19. The predicted octanol–water partition coefficient (Wildman–Crippen LogP) is 3.36. The van der Waals surface area contributed by atoms with Gasteiger partial charge in [0.15, 0.2) is 0 Å². The van der Waals surface area contributed by atoms with Crippen LogP contribution in [0.3, 0.4) is 0 Å². The molecule has 1 unspecified atom stereocenters. The minimum absolute atomic E-state index is 0. The van der Waals surface area contributed by atoms with Crippen LogP contribution in [0.2, 0.25) is 5.02 Å². The molecule has 5 nitrogen and oxygen atoms in total. The van der Waals surface area contributed by atoms with E-state index in [-0.39, 0.29) is 24.4 Å². The van der Waals surface area contributed by atoms with Crippen molar-refractivity contribution in [3.8, 4) is 5.69 Å². The zero-order valence-corrected chi connectivity index (χ0v) is 15.7. The normalized spacial score (nSPS) is 11.9. The van der Waals surface area contributed by atoms with Crippen LogP contribution in [0, 0.1) is 12.8 Å². The van der Waals surface area contributed by atoms with Gasteiger partial charge in [-0.25, -0.2) is 4.68 Å². The van der Waals surface area contributed by atoms with E-state index in [1.807, 2.05) is 25.1 Å². The third-order valence-corrected chi connectivity index (χ3v) is 4.03. The first-order chi connectivity index (χ1) is 10.9. The molecule has 7 heteroatoms. The van der Waals surface area contributed by atoms with Gasteiger partial charge in [-0.3, -0.25) is 4.79 Å². The number of amides is 1. The van der Waals surface area contributed by atoms with Crippen molar-refractivity contribution < 1.29 is 4.79 Å². The highest BCUT2D eigenvalue weighted by molar-refractivity contribution is 6.32. The molecule has 0 aliphatic carbocycles. The van der Waals surface area contributed by atoms with Gasteiger partial charge in [-0.15, -0.1) is 12.4 Å². The monoisotopic (exact) mass is 370 g/mol. The average molecular weight is 371 g/mol. The highest BCUT2D eigenvalue weighted by atomic mass is 35.5. The van der Waals surface area contributed by atoms with Crippen LogP contribution < -0.4 is 11.1 Å². The summed E-state index contributed by atoms with van der Waals surface area (Å²) in [4.78, 5) is 12.5. The second kappa shape index (κ2) is 9.06. The van der Waals surface area contributed by atoms with Gasteiger partial charge in [-0.05, 0) is 31.4 Å². The van der Waals surface area contributed by atoms with Crippen molar-refractivity contribution in [1.29, 1.82) is 0 Å². The van der Waals surface area contributed by atoms with E-state index in [1.165, 1.54) is 0 Å². The quantitative estimate of drug-likeness (QED) is 0.818. The van der Waals surface area contributed by atoms with Crippen LogP contribution in [0.5, 0.6) is 0 Å². The number of hydrogen-bond acceptors (Lipinski definition) is 3. The van der Waals surface area contributed by atoms with Crippen LogP contribution >= 0.6 is 24.0 Å². The summed E-state index contributed by atoms with van der Waals surface area (Å²) in [6.45, 7) is 6.48. The van der Waals surface area contributed by atoms with E-state index >= 15 is 0 Å². The third-order valence-electron chi connectivity index (χ3n) is 3.71. The average Bonchev–Trinajstić information content (AvgIpc) is 2.88. The Morgan fingerprint density at radius 1 is 1.38 bits per heavy atom. The molecule has 0 spiro atoms. The van der Waals surface area contributed by atoms with Crippen LogP contribution in [-0.4, -0.2) is 28.3 Å². The predicted molar refractivity (Wildman–Crippen MR) is 100 cm³/mol. The van der Waals surface area contributed by atoms with Gasteiger partial charge in [0.25, 0.3) is 5.91 Å². The number of halogens is 2. The van der Waals surface area contributed by atoms with E-state index in [9.17, 15) is 4.79 Å². The lowest BCUT2D eigenvalue weighted by Gasteiger charge is -2.18.